The van der Waals surface area contributed by atoms with E-state index in [1.54, 1.807) is 23.1 Å². The fourth-order valence-electron chi connectivity index (χ4n) is 4.26. The Kier molecular flexibility index (Phi) is 5.88. The summed E-state index contributed by atoms with van der Waals surface area (Å²) in [5.41, 5.74) is -0.440. The predicted octanol–water partition coefficient (Wildman–Crippen LogP) is 3.82. The van der Waals surface area contributed by atoms with Crippen molar-refractivity contribution in [1.29, 1.82) is 0 Å². The van der Waals surface area contributed by atoms with Crippen molar-refractivity contribution < 1.29 is 22.4 Å². The Bertz CT molecular complexity index is 880. The Labute approximate surface area is 174 Å². The van der Waals surface area contributed by atoms with Crippen molar-refractivity contribution in [2.45, 2.75) is 25.1 Å². The molecule has 0 N–H and O–H groups in total. The minimum absolute atomic E-state index is 0.162. The molecule has 0 radical (unpaired) electrons. The van der Waals surface area contributed by atoms with Crippen molar-refractivity contribution in [3.8, 4) is 11.3 Å². The van der Waals surface area contributed by atoms with Gasteiger partial charge in [0.15, 0.2) is 5.76 Å². The van der Waals surface area contributed by atoms with Crippen LogP contribution in [0, 0.1) is 0 Å². The van der Waals surface area contributed by atoms with Gasteiger partial charge in [-0.3, -0.25) is 9.69 Å². The summed E-state index contributed by atoms with van der Waals surface area (Å²) in [6, 6.07) is 8.61. The van der Waals surface area contributed by atoms with Crippen LogP contribution in [-0.4, -0.2) is 73.0 Å². The van der Waals surface area contributed by atoms with Crippen molar-refractivity contribution in [3.05, 3.63) is 47.7 Å². The lowest BCUT2D eigenvalue weighted by atomic mass is 10.0. The zero-order valence-corrected chi connectivity index (χ0v) is 17.0. The SMILES string of the molecule is CN1CCC(N2CCN(C(=O)c3ccc(-c4cccc(C(F)(F)F)c4)o3)CC2)CC1. The number of furan rings is 1. The summed E-state index contributed by atoms with van der Waals surface area (Å²) >= 11 is 0. The molecule has 0 saturated carbocycles. The summed E-state index contributed by atoms with van der Waals surface area (Å²) in [5, 5.41) is 0. The molecule has 8 heteroatoms. The van der Waals surface area contributed by atoms with Crippen LogP contribution in [0.3, 0.4) is 0 Å². The number of carbonyl (C=O) groups excluding carboxylic acids is 1. The van der Waals surface area contributed by atoms with E-state index in [0.29, 0.717) is 24.7 Å². The highest BCUT2D eigenvalue weighted by atomic mass is 19.4. The number of benzene rings is 1. The van der Waals surface area contributed by atoms with Gasteiger partial charge in [0.05, 0.1) is 5.56 Å². The first-order valence-electron chi connectivity index (χ1n) is 10.3. The molecule has 2 fully saturated rings. The van der Waals surface area contributed by atoms with Gasteiger partial charge in [-0.05, 0) is 57.2 Å². The summed E-state index contributed by atoms with van der Waals surface area (Å²) in [6.07, 6.45) is -2.11. The first-order chi connectivity index (χ1) is 14.3. The minimum Gasteiger partial charge on any atom is -0.451 e. The van der Waals surface area contributed by atoms with E-state index in [2.05, 4.69) is 16.8 Å². The Morgan fingerprint density at radius 1 is 1.00 bits per heavy atom. The number of nitrogens with zero attached hydrogens (tertiary/aromatic N) is 3. The predicted molar refractivity (Wildman–Crippen MR) is 107 cm³/mol. The quantitative estimate of drug-likeness (QED) is 0.756. The van der Waals surface area contributed by atoms with Crippen molar-refractivity contribution >= 4 is 5.91 Å². The molecule has 30 heavy (non-hydrogen) atoms. The lowest BCUT2D eigenvalue weighted by Gasteiger charge is -2.42. The normalized spacial score (nSPS) is 19.9. The summed E-state index contributed by atoms with van der Waals surface area (Å²) in [7, 11) is 2.14. The molecule has 4 rings (SSSR count). The van der Waals surface area contributed by atoms with Crippen molar-refractivity contribution in [2.75, 3.05) is 46.3 Å². The van der Waals surface area contributed by atoms with Crippen LogP contribution in [0.25, 0.3) is 11.3 Å². The van der Waals surface area contributed by atoms with Gasteiger partial charge in [-0.25, -0.2) is 0 Å². The first kappa shape index (κ1) is 20.9. The number of alkyl halides is 3. The Hall–Kier alpha value is -2.32. The molecule has 162 valence electrons. The Morgan fingerprint density at radius 3 is 2.37 bits per heavy atom. The maximum Gasteiger partial charge on any atom is 0.416 e. The van der Waals surface area contributed by atoms with Gasteiger partial charge in [-0.15, -0.1) is 0 Å². The van der Waals surface area contributed by atoms with Crippen molar-refractivity contribution in [3.63, 3.8) is 0 Å². The number of hydrogen-bond acceptors (Lipinski definition) is 4. The van der Waals surface area contributed by atoms with Gasteiger partial charge < -0.3 is 14.2 Å². The van der Waals surface area contributed by atoms with Gasteiger partial charge in [0, 0.05) is 37.8 Å². The third-order valence-electron chi connectivity index (χ3n) is 6.10. The second-order valence-electron chi connectivity index (χ2n) is 8.11. The van der Waals surface area contributed by atoms with Crippen LogP contribution in [0.15, 0.2) is 40.8 Å². The largest absolute Gasteiger partial charge is 0.451 e. The molecule has 1 aromatic carbocycles. The number of likely N-dealkylation sites (tertiary alicyclic amines) is 1. The van der Waals surface area contributed by atoms with E-state index in [9.17, 15) is 18.0 Å². The molecular weight excluding hydrogens is 395 g/mol. The van der Waals surface area contributed by atoms with Crippen molar-refractivity contribution in [1.82, 2.24) is 14.7 Å². The summed E-state index contributed by atoms with van der Waals surface area (Å²) in [6.45, 7) is 5.14. The van der Waals surface area contributed by atoms with E-state index in [4.69, 9.17) is 4.42 Å². The van der Waals surface area contributed by atoms with E-state index < -0.39 is 11.7 Å². The van der Waals surface area contributed by atoms with Crippen LogP contribution in [0.5, 0.6) is 0 Å². The standard InChI is InChI=1S/C22H26F3N3O2/c1-26-9-7-18(8-10-26)27-11-13-28(14-12-27)21(29)20-6-5-19(30-20)16-3-2-4-17(15-16)22(23,24)25/h2-6,15,18H,7-14H2,1H3. The molecule has 0 bridgehead atoms. The van der Waals surface area contributed by atoms with Gasteiger partial charge in [-0.2, -0.15) is 13.2 Å². The van der Waals surface area contributed by atoms with Gasteiger partial charge in [0.1, 0.15) is 5.76 Å². The molecule has 5 nitrogen and oxygen atoms in total. The van der Waals surface area contributed by atoms with Gasteiger partial charge in [0.2, 0.25) is 0 Å². The number of hydrogen-bond donors (Lipinski definition) is 0. The molecule has 2 saturated heterocycles. The van der Waals surface area contributed by atoms with Gasteiger partial charge in [0.25, 0.3) is 5.91 Å². The molecule has 0 aliphatic carbocycles. The smallest absolute Gasteiger partial charge is 0.416 e. The van der Waals surface area contributed by atoms with Crippen LogP contribution in [0.4, 0.5) is 13.2 Å². The molecule has 2 aliphatic heterocycles. The summed E-state index contributed by atoms with van der Waals surface area (Å²) in [5.74, 6) is 0.209. The number of piperazine rings is 1. The zero-order chi connectivity index (χ0) is 21.3. The number of halogens is 3. The van der Waals surface area contributed by atoms with E-state index in [-0.39, 0.29) is 17.4 Å². The molecule has 2 aromatic rings. The van der Waals surface area contributed by atoms with Gasteiger partial charge >= 0.3 is 6.18 Å². The fraction of sp³-hybridized carbons (Fsp3) is 0.500. The molecule has 0 atom stereocenters. The highest BCUT2D eigenvalue weighted by Gasteiger charge is 2.31. The molecule has 1 aromatic heterocycles. The van der Waals surface area contributed by atoms with Gasteiger partial charge in [-0.1, -0.05) is 12.1 Å². The van der Waals surface area contributed by atoms with Crippen LogP contribution in [0.2, 0.25) is 0 Å². The number of rotatable bonds is 3. The fourth-order valence-corrected chi connectivity index (χ4v) is 4.26. The third kappa shape index (κ3) is 4.54. The topological polar surface area (TPSA) is 39.9 Å². The Morgan fingerprint density at radius 2 is 1.70 bits per heavy atom. The number of amides is 1. The average Bonchev–Trinajstić information content (AvgIpc) is 3.24. The number of carbonyl (C=O) groups is 1. The second-order valence-corrected chi connectivity index (χ2v) is 8.11. The Balaban J connectivity index is 1.38. The first-order valence-corrected chi connectivity index (χ1v) is 10.3. The van der Waals surface area contributed by atoms with E-state index in [1.807, 2.05) is 0 Å². The molecule has 1 amide bonds. The van der Waals surface area contributed by atoms with E-state index in [1.165, 1.54) is 6.07 Å². The monoisotopic (exact) mass is 421 g/mol. The van der Waals surface area contributed by atoms with Crippen molar-refractivity contribution in [2.24, 2.45) is 0 Å². The van der Waals surface area contributed by atoms with Crippen LogP contribution in [-0.2, 0) is 6.18 Å². The maximum atomic E-state index is 12.9. The molecule has 0 unspecified atom stereocenters. The number of piperidine rings is 1. The molecular formula is C22H26F3N3O2. The molecule has 2 aliphatic rings. The minimum atomic E-state index is -4.42. The zero-order valence-electron chi connectivity index (χ0n) is 17.0. The second kappa shape index (κ2) is 8.43. The lowest BCUT2D eigenvalue weighted by molar-refractivity contribution is -0.137. The van der Waals surface area contributed by atoms with Crippen LogP contribution in [0.1, 0.15) is 29.0 Å². The highest BCUT2D eigenvalue weighted by molar-refractivity contribution is 5.92. The molecule has 0 spiro atoms. The summed E-state index contributed by atoms with van der Waals surface area (Å²) < 4.78 is 44.5. The molecule has 3 heterocycles. The van der Waals surface area contributed by atoms with Crippen LogP contribution >= 0.6 is 0 Å². The summed E-state index contributed by atoms with van der Waals surface area (Å²) in [4.78, 5) is 19.4. The maximum absolute atomic E-state index is 12.9. The average molecular weight is 421 g/mol. The van der Waals surface area contributed by atoms with Crippen LogP contribution < -0.4 is 0 Å². The van der Waals surface area contributed by atoms with E-state index >= 15 is 0 Å². The van der Waals surface area contributed by atoms with E-state index in [0.717, 1.165) is 51.2 Å². The highest BCUT2D eigenvalue weighted by Crippen LogP contribution is 2.33. The third-order valence-corrected chi connectivity index (χ3v) is 6.10. The lowest BCUT2D eigenvalue weighted by Crippen LogP contribution is -2.54.